The molecule has 1 aromatic carbocycles. The maximum absolute atomic E-state index is 13.5. The zero-order chi connectivity index (χ0) is 20.1. The predicted molar refractivity (Wildman–Crippen MR) is 111 cm³/mol. The second-order valence-electron chi connectivity index (χ2n) is 7.33. The molecule has 5 nitrogen and oxygen atoms in total. The second kappa shape index (κ2) is 9.32. The number of nitrogens with one attached hydrogen (secondary N) is 2. The van der Waals surface area contributed by atoms with Crippen LogP contribution in [0.15, 0.2) is 28.6 Å². The fourth-order valence-electron chi connectivity index (χ4n) is 3.21. The molecule has 1 aromatic heterocycles. The lowest BCUT2D eigenvalue weighted by atomic mass is 10.1. The van der Waals surface area contributed by atoms with Crippen LogP contribution in [-0.2, 0) is 6.54 Å². The lowest BCUT2D eigenvalue weighted by Crippen LogP contribution is -2.39. The third kappa shape index (κ3) is 5.19. The molecule has 2 N–H and O–H groups in total. The molecule has 1 aliphatic heterocycles. The van der Waals surface area contributed by atoms with Gasteiger partial charge in [0.15, 0.2) is 17.6 Å². The summed E-state index contributed by atoms with van der Waals surface area (Å²) in [5.74, 6) is -0.0164. The standard InChI is InChI=1S/C20H27F2N5S/c1-13(2)18-12-28-19(26-18)10-25-20(23-3)24-9-14-6-7-27(11-14)15-4-5-16(21)17(22)8-15/h4-5,8,12-14H,6-7,9-11H2,1-3H3,(H2,23,24,25). The highest BCUT2D eigenvalue weighted by atomic mass is 32.1. The maximum Gasteiger partial charge on any atom is 0.191 e. The lowest BCUT2D eigenvalue weighted by Gasteiger charge is -2.19. The Balaban J connectivity index is 1.45. The molecule has 0 bridgehead atoms. The number of nitrogens with zero attached hydrogens (tertiary/aromatic N) is 3. The van der Waals surface area contributed by atoms with Crippen LogP contribution in [-0.4, -0.2) is 37.6 Å². The summed E-state index contributed by atoms with van der Waals surface area (Å²) in [6.45, 7) is 7.33. The van der Waals surface area contributed by atoms with Gasteiger partial charge in [0.1, 0.15) is 5.01 Å². The molecule has 8 heteroatoms. The zero-order valence-corrected chi connectivity index (χ0v) is 17.3. The van der Waals surface area contributed by atoms with E-state index < -0.39 is 11.6 Å². The van der Waals surface area contributed by atoms with Crippen molar-refractivity contribution in [3.63, 3.8) is 0 Å². The molecule has 0 aliphatic carbocycles. The number of benzene rings is 1. The first-order valence-corrected chi connectivity index (χ1v) is 10.4. The van der Waals surface area contributed by atoms with Gasteiger partial charge in [-0.1, -0.05) is 13.8 Å². The van der Waals surface area contributed by atoms with Crippen molar-refractivity contribution in [3.05, 3.63) is 45.9 Å². The minimum atomic E-state index is -0.809. The fourth-order valence-corrected chi connectivity index (χ4v) is 4.10. The Morgan fingerprint density at radius 3 is 2.82 bits per heavy atom. The molecule has 0 saturated carbocycles. The monoisotopic (exact) mass is 407 g/mol. The average Bonchev–Trinajstić information content (AvgIpc) is 3.34. The Morgan fingerprint density at radius 1 is 1.32 bits per heavy atom. The first-order chi connectivity index (χ1) is 13.5. The Morgan fingerprint density at radius 2 is 2.14 bits per heavy atom. The highest BCUT2D eigenvalue weighted by Gasteiger charge is 2.23. The maximum atomic E-state index is 13.5. The second-order valence-corrected chi connectivity index (χ2v) is 8.27. The van der Waals surface area contributed by atoms with E-state index in [-0.39, 0.29) is 0 Å². The highest BCUT2D eigenvalue weighted by Crippen LogP contribution is 2.25. The largest absolute Gasteiger partial charge is 0.371 e. The van der Waals surface area contributed by atoms with Gasteiger partial charge in [-0.05, 0) is 30.4 Å². The van der Waals surface area contributed by atoms with Gasteiger partial charge in [-0.3, -0.25) is 4.99 Å². The molecule has 0 radical (unpaired) electrons. The summed E-state index contributed by atoms with van der Waals surface area (Å²) in [4.78, 5) is 11.0. The number of hydrogen-bond donors (Lipinski definition) is 2. The molecule has 0 spiro atoms. The molecule has 152 valence electrons. The molecule has 28 heavy (non-hydrogen) atoms. The van der Waals surface area contributed by atoms with E-state index in [0.717, 1.165) is 48.4 Å². The summed E-state index contributed by atoms with van der Waals surface area (Å²) < 4.78 is 26.6. The predicted octanol–water partition coefficient (Wildman–Crippen LogP) is 3.74. The zero-order valence-electron chi connectivity index (χ0n) is 16.5. The van der Waals surface area contributed by atoms with E-state index in [2.05, 4.69) is 44.7 Å². The van der Waals surface area contributed by atoms with Crippen molar-refractivity contribution in [2.75, 3.05) is 31.6 Å². The Kier molecular flexibility index (Phi) is 6.83. The van der Waals surface area contributed by atoms with Crippen LogP contribution in [0.4, 0.5) is 14.5 Å². The third-order valence-electron chi connectivity index (χ3n) is 4.90. The molecule has 1 aliphatic rings. The molecular formula is C20H27F2N5S. The van der Waals surface area contributed by atoms with Crippen LogP contribution >= 0.6 is 11.3 Å². The van der Waals surface area contributed by atoms with Gasteiger partial charge in [-0.2, -0.15) is 0 Å². The van der Waals surface area contributed by atoms with Crippen molar-refractivity contribution >= 4 is 23.0 Å². The molecule has 2 heterocycles. The normalized spacial score (nSPS) is 17.4. The molecule has 0 amide bonds. The van der Waals surface area contributed by atoms with Crippen molar-refractivity contribution in [2.45, 2.75) is 32.7 Å². The van der Waals surface area contributed by atoms with Gasteiger partial charge in [0, 0.05) is 43.8 Å². The van der Waals surface area contributed by atoms with Gasteiger partial charge in [0.2, 0.25) is 0 Å². The molecule has 2 aromatic rings. The summed E-state index contributed by atoms with van der Waals surface area (Å²) in [7, 11) is 1.75. The van der Waals surface area contributed by atoms with Crippen molar-refractivity contribution < 1.29 is 8.78 Å². The van der Waals surface area contributed by atoms with E-state index in [9.17, 15) is 8.78 Å². The van der Waals surface area contributed by atoms with Gasteiger partial charge < -0.3 is 15.5 Å². The van der Waals surface area contributed by atoms with Gasteiger partial charge >= 0.3 is 0 Å². The highest BCUT2D eigenvalue weighted by molar-refractivity contribution is 7.09. The first-order valence-electron chi connectivity index (χ1n) is 9.55. The fraction of sp³-hybridized carbons (Fsp3) is 0.500. The average molecular weight is 408 g/mol. The number of anilines is 1. The number of rotatable bonds is 6. The molecule has 3 rings (SSSR count). The van der Waals surface area contributed by atoms with Crippen LogP contribution < -0.4 is 15.5 Å². The minimum Gasteiger partial charge on any atom is -0.371 e. The molecule has 1 fully saturated rings. The number of guanidine groups is 1. The number of thiazole rings is 1. The summed E-state index contributed by atoms with van der Waals surface area (Å²) in [5, 5.41) is 9.80. The van der Waals surface area contributed by atoms with Crippen LogP contribution in [0.3, 0.4) is 0 Å². The van der Waals surface area contributed by atoms with Crippen LogP contribution in [0, 0.1) is 17.6 Å². The SMILES string of the molecule is CN=C(NCc1nc(C(C)C)cs1)NCC1CCN(c2ccc(F)c(F)c2)C1. The van der Waals surface area contributed by atoms with E-state index >= 15 is 0 Å². The summed E-state index contributed by atoms with van der Waals surface area (Å²) in [5.41, 5.74) is 1.85. The van der Waals surface area contributed by atoms with Crippen LogP contribution in [0.5, 0.6) is 0 Å². The lowest BCUT2D eigenvalue weighted by molar-refractivity contribution is 0.508. The van der Waals surface area contributed by atoms with Gasteiger partial charge in [-0.25, -0.2) is 13.8 Å². The Labute approximate surface area is 168 Å². The van der Waals surface area contributed by atoms with Crippen molar-refractivity contribution in [1.29, 1.82) is 0 Å². The number of aromatic nitrogens is 1. The topological polar surface area (TPSA) is 52.6 Å². The summed E-state index contributed by atoms with van der Waals surface area (Å²) >= 11 is 1.65. The van der Waals surface area contributed by atoms with Crippen molar-refractivity contribution in [2.24, 2.45) is 10.9 Å². The first kappa shape index (κ1) is 20.5. The van der Waals surface area contributed by atoms with Crippen molar-refractivity contribution in [1.82, 2.24) is 15.6 Å². The van der Waals surface area contributed by atoms with Gasteiger partial charge in [0.05, 0.1) is 12.2 Å². The van der Waals surface area contributed by atoms with Crippen LogP contribution in [0.25, 0.3) is 0 Å². The van der Waals surface area contributed by atoms with E-state index in [1.165, 1.54) is 12.1 Å². The van der Waals surface area contributed by atoms with E-state index in [1.54, 1.807) is 24.5 Å². The molecular weight excluding hydrogens is 380 g/mol. The minimum absolute atomic E-state index is 0.416. The molecule has 1 atom stereocenters. The number of halogens is 2. The number of hydrogen-bond acceptors (Lipinski definition) is 4. The number of aliphatic imine (C=N–C) groups is 1. The molecule has 1 unspecified atom stereocenters. The van der Waals surface area contributed by atoms with E-state index in [0.29, 0.717) is 18.4 Å². The summed E-state index contributed by atoms with van der Waals surface area (Å²) in [6.07, 6.45) is 0.993. The smallest absolute Gasteiger partial charge is 0.191 e. The summed E-state index contributed by atoms with van der Waals surface area (Å²) in [6, 6.07) is 4.09. The van der Waals surface area contributed by atoms with Crippen LogP contribution in [0.2, 0.25) is 0 Å². The quantitative estimate of drug-likeness (QED) is 0.566. The van der Waals surface area contributed by atoms with Gasteiger partial charge in [-0.15, -0.1) is 11.3 Å². The Bertz CT molecular complexity index is 821. The van der Waals surface area contributed by atoms with E-state index in [4.69, 9.17) is 0 Å². The molecule has 1 saturated heterocycles. The Hall–Kier alpha value is -2.22. The van der Waals surface area contributed by atoms with Gasteiger partial charge in [0.25, 0.3) is 0 Å². The third-order valence-corrected chi connectivity index (χ3v) is 5.77. The van der Waals surface area contributed by atoms with Crippen LogP contribution in [0.1, 0.15) is 36.9 Å². The van der Waals surface area contributed by atoms with E-state index in [1.807, 2.05) is 0 Å². The van der Waals surface area contributed by atoms with Crippen molar-refractivity contribution in [3.8, 4) is 0 Å².